The van der Waals surface area contributed by atoms with E-state index < -0.39 is 15.8 Å². The van der Waals surface area contributed by atoms with E-state index in [2.05, 4.69) is 9.97 Å². The van der Waals surface area contributed by atoms with E-state index >= 15 is 0 Å². The van der Waals surface area contributed by atoms with Gasteiger partial charge in [0.05, 0.1) is 18.0 Å². The predicted octanol–water partition coefficient (Wildman–Crippen LogP) is 2.31. The fourth-order valence-electron chi connectivity index (χ4n) is 3.15. The van der Waals surface area contributed by atoms with Gasteiger partial charge in [-0.1, -0.05) is 0 Å². The van der Waals surface area contributed by atoms with Crippen LogP contribution in [0.25, 0.3) is 0 Å². The second-order valence-corrected chi connectivity index (χ2v) is 8.79. The quantitative estimate of drug-likeness (QED) is 0.674. The molecule has 2 heterocycles. The normalized spacial score (nSPS) is 17.7. The van der Waals surface area contributed by atoms with E-state index in [1.165, 1.54) is 22.6 Å². The minimum absolute atomic E-state index is 0.0326. The van der Waals surface area contributed by atoms with E-state index in [0.717, 1.165) is 6.07 Å². The molecule has 0 amide bonds. The lowest BCUT2D eigenvalue weighted by atomic mass is 10.1. The molecule has 8 nitrogen and oxygen atoms in total. The van der Waals surface area contributed by atoms with Crippen molar-refractivity contribution in [2.45, 2.75) is 30.8 Å². The first-order valence-corrected chi connectivity index (χ1v) is 10.8. The Balaban J connectivity index is 1.77. The van der Waals surface area contributed by atoms with Crippen molar-refractivity contribution in [1.82, 2.24) is 14.3 Å². The van der Waals surface area contributed by atoms with Crippen molar-refractivity contribution in [3.63, 3.8) is 0 Å². The summed E-state index contributed by atoms with van der Waals surface area (Å²) < 4.78 is 52.6. The molecule has 10 heteroatoms. The Morgan fingerprint density at radius 2 is 2.03 bits per heavy atom. The van der Waals surface area contributed by atoms with Crippen LogP contribution in [-0.2, 0) is 10.0 Å². The average Bonchev–Trinajstić information content (AvgIpc) is 2.70. The zero-order valence-electron chi connectivity index (χ0n) is 16.7. The first kappa shape index (κ1) is 21.3. The van der Waals surface area contributed by atoms with Crippen LogP contribution in [0.3, 0.4) is 0 Å². The fourth-order valence-corrected chi connectivity index (χ4v) is 4.67. The van der Waals surface area contributed by atoms with E-state index in [1.807, 2.05) is 14.1 Å². The monoisotopic (exact) mass is 424 g/mol. The summed E-state index contributed by atoms with van der Waals surface area (Å²) in [6.07, 6.45) is 4.04. The Morgan fingerprint density at radius 1 is 1.28 bits per heavy atom. The van der Waals surface area contributed by atoms with E-state index in [9.17, 15) is 12.8 Å². The second kappa shape index (κ2) is 8.91. The molecule has 2 aromatic rings. The maximum atomic E-state index is 14.2. The summed E-state index contributed by atoms with van der Waals surface area (Å²) in [7, 11) is -0.200. The van der Waals surface area contributed by atoms with Crippen LogP contribution in [-0.4, -0.2) is 62.6 Å². The number of hydrogen-bond acceptors (Lipinski definition) is 7. The number of benzene rings is 1. The van der Waals surface area contributed by atoms with Crippen LogP contribution in [0.4, 0.5) is 10.2 Å². The lowest BCUT2D eigenvalue weighted by Crippen LogP contribution is -2.44. The van der Waals surface area contributed by atoms with Gasteiger partial charge in [-0.25, -0.2) is 22.8 Å². The van der Waals surface area contributed by atoms with Crippen LogP contribution < -0.4 is 14.4 Å². The van der Waals surface area contributed by atoms with Crippen molar-refractivity contribution in [3.8, 4) is 11.6 Å². The Labute approximate surface area is 170 Å². The molecule has 0 spiro atoms. The van der Waals surface area contributed by atoms with Gasteiger partial charge in [-0.2, -0.15) is 4.31 Å². The van der Waals surface area contributed by atoms with Crippen molar-refractivity contribution >= 4 is 15.8 Å². The fraction of sp³-hybridized carbons (Fsp3) is 0.474. The molecule has 1 unspecified atom stereocenters. The largest absolute Gasteiger partial charge is 0.491 e. The Hall–Kier alpha value is -2.46. The van der Waals surface area contributed by atoms with Crippen molar-refractivity contribution in [3.05, 3.63) is 36.4 Å². The lowest BCUT2D eigenvalue weighted by molar-refractivity contribution is 0.125. The topological polar surface area (TPSA) is 84.9 Å². The molecule has 0 aliphatic carbocycles. The molecular weight excluding hydrogens is 399 g/mol. The van der Waals surface area contributed by atoms with Crippen molar-refractivity contribution in [2.75, 3.05) is 38.7 Å². The van der Waals surface area contributed by atoms with Crippen LogP contribution in [0.1, 0.15) is 19.8 Å². The zero-order valence-corrected chi connectivity index (χ0v) is 17.5. The average molecular weight is 424 g/mol. The molecule has 1 aromatic heterocycles. The van der Waals surface area contributed by atoms with Gasteiger partial charge in [-0.15, -0.1) is 0 Å². The highest BCUT2D eigenvalue weighted by atomic mass is 32.2. The maximum absolute atomic E-state index is 14.2. The molecule has 0 bridgehead atoms. The summed E-state index contributed by atoms with van der Waals surface area (Å²) in [4.78, 5) is 10.1. The predicted molar refractivity (Wildman–Crippen MR) is 106 cm³/mol. The highest BCUT2D eigenvalue weighted by molar-refractivity contribution is 7.89. The highest BCUT2D eigenvalue weighted by Gasteiger charge is 2.32. The molecule has 1 aliphatic rings. The molecule has 29 heavy (non-hydrogen) atoms. The number of anilines is 1. The van der Waals surface area contributed by atoms with Gasteiger partial charge in [0.2, 0.25) is 10.0 Å². The molecule has 0 N–H and O–H groups in total. The van der Waals surface area contributed by atoms with Gasteiger partial charge in [0.25, 0.3) is 5.88 Å². The third kappa shape index (κ3) is 4.76. The van der Waals surface area contributed by atoms with Crippen LogP contribution in [0.5, 0.6) is 11.6 Å². The Bertz CT molecular complexity index is 955. The lowest BCUT2D eigenvalue weighted by Gasteiger charge is -2.32. The van der Waals surface area contributed by atoms with Gasteiger partial charge in [0.15, 0.2) is 17.4 Å². The molecule has 1 aromatic carbocycles. The van der Waals surface area contributed by atoms with Crippen molar-refractivity contribution in [1.29, 1.82) is 0 Å². The van der Waals surface area contributed by atoms with E-state index in [0.29, 0.717) is 37.7 Å². The first-order chi connectivity index (χ1) is 13.8. The number of piperidine rings is 1. The second-order valence-electron chi connectivity index (χ2n) is 6.85. The third-order valence-electron chi connectivity index (χ3n) is 4.53. The van der Waals surface area contributed by atoms with Gasteiger partial charge in [-0.3, -0.25) is 0 Å². The molecule has 1 saturated heterocycles. The number of rotatable bonds is 7. The summed E-state index contributed by atoms with van der Waals surface area (Å²) in [5.74, 6) is 0.257. The van der Waals surface area contributed by atoms with Gasteiger partial charge in [0.1, 0.15) is 6.10 Å². The number of aromatic nitrogens is 2. The van der Waals surface area contributed by atoms with Crippen molar-refractivity contribution in [2.24, 2.45) is 0 Å². The molecule has 158 valence electrons. The van der Waals surface area contributed by atoms with Crippen molar-refractivity contribution < 1.29 is 22.3 Å². The Morgan fingerprint density at radius 3 is 2.72 bits per heavy atom. The molecule has 0 radical (unpaired) electrons. The standard InChI is InChI=1S/C19H25FN4O4S/c1-4-27-17-8-7-15(12-16(17)20)29(25,26)24-11-5-6-14(13-24)28-19-18(23(2)3)21-9-10-22-19/h7-10,12,14H,4-6,11,13H2,1-3H3. The summed E-state index contributed by atoms with van der Waals surface area (Å²) >= 11 is 0. The van der Waals surface area contributed by atoms with Gasteiger partial charge in [-0.05, 0) is 38.0 Å². The zero-order chi connectivity index (χ0) is 21.0. The summed E-state index contributed by atoms with van der Waals surface area (Å²) in [6, 6.07) is 3.70. The maximum Gasteiger partial charge on any atom is 0.257 e. The smallest absolute Gasteiger partial charge is 0.257 e. The number of hydrogen-bond donors (Lipinski definition) is 0. The highest BCUT2D eigenvalue weighted by Crippen LogP contribution is 2.28. The van der Waals surface area contributed by atoms with Crippen LogP contribution in [0.15, 0.2) is 35.5 Å². The van der Waals surface area contributed by atoms with Crippen LogP contribution in [0.2, 0.25) is 0 Å². The van der Waals surface area contributed by atoms with Crippen LogP contribution >= 0.6 is 0 Å². The van der Waals surface area contributed by atoms with E-state index in [-0.39, 0.29) is 23.3 Å². The minimum atomic E-state index is -3.86. The van der Waals surface area contributed by atoms with Gasteiger partial charge < -0.3 is 14.4 Å². The summed E-state index contributed by atoms with van der Waals surface area (Å²) in [6.45, 7) is 2.53. The van der Waals surface area contributed by atoms with E-state index in [1.54, 1.807) is 18.0 Å². The number of sulfonamides is 1. The van der Waals surface area contributed by atoms with Gasteiger partial charge in [0, 0.05) is 33.0 Å². The van der Waals surface area contributed by atoms with Gasteiger partial charge >= 0.3 is 0 Å². The SMILES string of the molecule is CCOc1ccc(S(=O)(=O)N2CCCC(Oc3nccnc3N(C)C)C2)cc1F. The molecule has 1 aliphatic heterocycles. The summed E-state index contributed by atoms with van der Waals surface area (Å²) in [5, 5.41) is 0. The van der Waals surface area contributed by atoms with E-state index in [4.69, 9.17) is 9.47 Å². The molecule has 3 rings (SSSR count). The number of ether oxygens (including phenoxy) is 2. The molecule has 0 saturated carbocycles. The first-order valence-electron chi connectivity index (χ1n) is 9.40. The molecular formula is C19H25FN4O4S. The number of halogens is 1. The minimum Gasteiger partial charge on any atom is -0.491 e. The third-order valence-corrected chi connectivity index (χ3v) is 6.39. The summed E-state index contributed by atoms with van der Waals surface area (Å²) in [5.41, 5.74) is 0. The molecule has 1 fully saturated rings. The van der Waals surface area contributed by atoms with Crippen LogP contribution in [0, 0.1) is 5.82 Å². The number of nitrogens with zero attached hydrogens (tertiary/aromatic N) is 4. The Kier molecular flexibility index (Phi) is 6.53. The molecule has 1 atom stereocenters.